The lowest BCUT2D eigenvalue weighted by Crippen LogP contribution is -2.49. The monoisotopic (exact) mass is 655 g/mol. The maximum absolute atomic E-state index is 13.7. The highest BCUT2D eigenvalue weighted by Crippen LogP contribution is 2.30. The first-order valence-electron chi connectivity index (χ1n) is 15.3. The third kappa shape index (κ3) is 7.77. The average molecular weight is 656 g/mol. The van der Waals surface area contributed by atoms with Crippen LogP contribution >= 0.6 is 0 Å². The van der Waals surface area contributed by atoms with Crippen LogP contribution < -0.4 is 15.5 Å². The zero-order chi connectivity index (χ0) is 33.7. The predicted molar refractivity (Wildman–Crippen MR) is 171 cm³/mol. The average Bonchev–Trinajstić information content (AvgIpc) is 3.73. The molecule has 4 aromatic heterocycles. The van der Waals surface area contributed by atoms with Gasteiger partial charge < -0.3 is 10.6 Å². The standard InChI is InChI=1S/C33H32F3N11O/c1-45-19-25(17-41-45)23-7-12-29(38-15-23)47(32(48)40-14-22-5-3-2-4-6-22)28-10-8-27(9-11-28)43-31-39-16-24(13-37)30(44-31)26-18-42-46(20-26)21-33(34,35)36/h2-7,12,15-20,27-28H,8-11,14,21H2,1H3,(H,40,48)(H,39,43,44). The lowest BCUT2D eigenvalue weighted by atomic mass is 9.90. The molecular formula is C33H32F3N11O. The Morgan fingerprint density at radius 2 is 1.73 bits per heavy atom. The summed E-state index contributed by atoms with van der Waals surface area (Å²) in [6.45, 7) is -0.881. The smallest absolute Gasteiger partial charge is 0.351 e. The second-order valence-electron chi connectivity index (χ2n) is 11.6. The van der Waals surface area contributed by atoms with Crippen molar-refractivity contribution in [2.75, 3.05) is 10.2 Å². The fourth-order valence-corrected chi connectivity index (χ4v) is 5.76. The number of hydrogen-bond donors (Lipinski definition) is 2. The Hall–Kier alpha value is -5.78. The van der Waals surface area contributed by atoms with Crippen LogP contribution in [0, 0.1) is 11.3 Å². The number of urea groups is 1. The van der Waals surface area contributed by atoms with E-state index in [0.29, 0.717) is 38.0 Å². The van der Waals surface area contributed by atoms with Gasteiger partial charge in [-0.25, -0.2) is 19.7 Å². The van der Waals surface area contributed by atoms with Crippen molar-refractivity contribution >= 4 is 17.8 Å². The number of carbonyl (C=O) groups is 1. The number of pyridine rings is 1. The van der Waals surface area contributed by atoms with Crippen LogP contribution in [-0.2, 0) is 20.1 Å². The van der Waals surface area contributed by atoms with Crippen LogP contribution in [0.2, 0.25) is 0 Å². The molecule has 6 rings (SSSR count). The Balaban J connectivity index is 1.15. The number of aryl methyl sites for hydroxylation is 1. The van der Waals surface area contributed by atoms with E-state index < -0.39 is 12.7 Å². The van der Waals surface area contributed by atoms with Crippen LogP contribution in [0.15, 0.2) is 79.6 Å². The van der Waals surface area contributed by atoms with E-state index in [1.807, 2.05) is 61.8 Å². The fourth-order valence-electron chi connectivity index (χ4n) is 5.76. The number of halogens is 3. The molecule has 0 spiro atoms. The molecule has 1 fully saturated rings. The third-order valence-electron chi connectivity index (χ3n) is 8.09. The van der Waals surface area contributed by atoms with Gasteiger partial charge in [-0.05, 0) is 43.4 Å². The molecule has 15 heteroatoms. The molecular weight excluding hydrogens is 623 g/mol. The Morgan fingerprint density at radius 3 is 2.40 bits per heavy atom. The zero-order valence-electron chi connectivity index (χ0n) is 26.0. The number of rotatable bonds is 9. The summed E-state index contributed by atoms with van der Waals surface area (Å²) in [5, 5.41) is 23.9. The van der Waals surface area contributed by atoms with E-state index in [0.717, 1.165) is 21.4 Å². The Morgan fingerprint density at radius 1 is 0.958 bits per heavy atom. The van der Waals surface area contributed by atoms with E-state index in [2.05, 4.69) is 35.8 Å². The molecule has 4 heterocycles. The van der Waals surface area contributed by atoms with Crippen LogP contribution in [0.25, 0.3) is 22.4 Å². The van der Waals surface area contributed by atoms with E-state index in [1.54, 1.807) is 22.0 Å². The van der Waals surface area contributed by atoms with Gasteiger partial charge in [-0.1, -0.05) is 30.3 Å². The van der Waals surface area contributed by atoms with Crippen molar-refractivity contribution in [1.29, 1.82) is 5.26 Å². The summed E-state index contributed by atoms with van der Waals surface area (Å²) in [6, 6.07) is 15.0. The molecule has 0 radical (unpaired) electrons. The lowest BCUT2D eigenvalue weighted by Gasteiger charge is -2.36. The molecule has 2 amide bonds. The van der Waals surface area contributed by atoms with Crippen LogP contribution in [-0.4, -0.2) is 58.8 Å². The van der Waals surface area contributed by atoms with Crippen LogP contribution in [0.5, 0.6) is 0 Å². The van der Waals surface area contributed by atoms with Crippen molar-refractivity contribution in [3.05, 3.63) is 90.8 Å². The largest absolute Gasteiger partial charge is 0.408 e. The zero-order valence-corrected chi connectivity index (χ0v) is 26.0. The molecule has 48 heavy (non-hydrogen) atoms. The number of anilines is 2. The van der Waals surface area contributed by atoms with E-state index in [1.165, 1.54) is 18.6 Å². The Labute approximate surface area is 274 Å². The lowest BCUT2D eigenvalue weighted by molar-refractivity contribution is -0.142. The number of aromatic nitrogens is 7. The molecule has 1 aliphatic rings. The first-order valence-corrected chi connectivity index (χ1v) is 15.3. The number of carbonyl (C=O) groups excluding carboxylic acids is 1. The van der Waals surface area contributed by atoms with E-state index >= 15 is 0 Å². The van der Waals surface area contributed by atoms with Crippen molar-refractivity contribution in [2.24, 2.45) is 7.05 Å². The molecule has 0 atom stereocenters. The third-order valence-corrected chi connectivity index (χ3v) is 8.09. The van der Waals surface area contributed by atoms with Crippen molar-refractivity contribution < 1.29 is 18.0 Å². The van der Waals surface area contributed by atoms with Gasteiger partial charge in [-0.3, -0.25) is 14.3 Å². The minimum absolute atomic E-state index is 0.0369. The van der Waals surface area contributed by atoms with Crippen LogP contribution in [0.3, 0.4) is 0 Å². The maximum Gasteiger partial charge on any atom is 0.408 e. The minimum atomic E-state index is -4.43. The van der Waals surface area contributed by atoms with Gasteiger partial charge in [-0.15, -0.1) is 0 Å². The highest BCUT2D eigenvalue weighted by Gasteiger charge is 2.32. The van der Waals surface area contributed by atoms with E-state index in [-0.39, 0.29) is 40.9 Å². The molecule has 1 aromatic carbocycles. The van der Waals surface area contributed by atoms with E-state index in [9.17, 15) is 23.2 Å². The van der Waals surface area contributed by atoms with Gasteiger partial charge in [0.1, 0.15) is 18.4 Å². The fraction of sp³-hybridized carbons (Fsp3) is 0.303. The summed E-state index contributed by atoms with van der Waals surface area (Å²) in [5.74, 6) is 0.789. The molecule has 246 valence electrons. The quantitative estimate of drug-likeness (QED) is 0.206. The second-order valence-corrected chi connectivity index (χ2v) is 11.6. The van der Waals surface area contributed by atoms with Crippen LogP contribution in [0.4, 0.5) is 29.7 Å². The number of nitriles is 1. The number of nitrogens with one attached hydrogen (secondary N) is 2. The highest BCUT2D eigenvalue weighted by molar-refractivity contribution is 5.91. The summed E-state index contributed by atoms with van der Waals surface area (Å²) in [5.41, 5.74) is 3.39. The maximum atomic E-state index is 13.7. The van der Waals surface area contributed by atoms with Gasteiger partial charge in [0.2, 0.25) is 5.95 Å². The molecule has 1 saturated carbocycles. The molecule has 2 N–H and O–H groups in total. The first-order chi connectivity index (χ1) is 23.1. The number of amides is 2. The molecule has 0 saturated heterocycles. The minimum Gasteiger partial charge on any atom is -0.351 e. The van der Waals surface area contributed by atoms with Gasteiger partial charge in [0.25, 0.3) is 0 Å². The summed E-state index contributed by atoms with van der Waals surface area (Å²) in [6.07, 6.45) is 7.46. The van der Waals surface area contributed by atoms with Crippen molar-refractivity contribution in [3.63, 3.8) is 0 Å². The van der Waals surface area contributed by atoms with Crippen molar-refractivity contribution in [2.45, 2.75) is 57.0 Å². The summed E-state index contributed by atoms with van der Waals surface area (Å²) >= 11 is 0. The molecule has 1 aliphatic carbocycles. The highest BCUT2D eigenvalue weighted by atomic mass is 19.4. The summed E-state index contributed by atoms with van der Waals surface area (Å²) < 4.78 is 41.0. The van der Waals surface area contributed by atoms with Crippen LogP contribution in [0.1, 0.15) is 36.8 Å². The first kappa shape index (κ1) is 32.2. The number of alkyl halides is 3. The Bertz CT molecular complexity index is 1890. The molecule has 0 bridgehead atoms. The van der Waals surface area contributed by atoms with Gasteiger partial charge in [0.05, 0.1) is 29.8 Å². The molecule has 12 nitrogen and oxygen atoms in total. The normalized spacial score (nSPS) is 16.2. The summed E-state index contributed by atoms with van der Waals surface area (Å²) in [4.78, 5) is 28.8. The second kappa shape index (κ2) is 13.9. The van der Waals surface area contributed by atoms with Crippen molar-refractivity contribution in [3.8, 4) is 28.5 Å². The van der Waals surface area contributed by atoms with E-state index in [4.69, 9.17) is 0 Å². The number of nitrogens with zero attached hydrogens (tertiary/aromatic N) is 9. The summed E-state index contributed by atoms with van der Waals surface area (Å²) in [7, 11) is 1.85. The van der Waals surface area contributed by atoms with Crippen molar-refractivity contribution in [1.82, 2.24) is 39.8 Å². The van der Waals surface area contributed by atoms with Gasteiger partial charge in [0.15, 0.2) is 0 Å². The van der Waals surface area contributed by atoms with Gasteiger partial charge >= 0.3 is 12.2 Å². The number of hydrogen-bond acceptors (Lipinski definition) is 8. The molecule has 5 aromatic rings. The van der Waals surface area contributed by atoms with Gasteiger partial charge in [-0.2, -0.15) is 28.6 Å². The topological polar surface area (TPSA) is 142 Å². The van der Waals surface area contributed by atoms with Gasteiger partial charge in [0, 0.05) is 61.0 Å². The molecule has 0 unspecified atom stereocenters. The molecule has 0 aliphatic heterocycles. The number of benzene rings is 1. The predicted octanol–water partition coefficient (Wildman–Crippen LogP) is 5.71. The Kier molecular flexibility index (Phi) is 9.33. The SMILES string of the molecule is Cn1cc(-c2ccc(N(C(=O)NCc3ccccc3)C3CCC(Nc4ncc(C#N)c(-c5cnn(CC(F)(F)F)c5)n4)CC3)nc2)cn1.